The molecule has 0 amide bonds. The van der Waals surface area contributed by atoms with Crippen molar-refractivity contribution in [3.63, 3.8) is 0 Å². The van der Waals surface area contributed by atoms with Crippen LogP contribution in [0.2, 0.25) is 0 Å². The maximum atomic E-state index is 3.51. The lowest BCUT2D eigenvalue weighted by atomic mass is 10.0. The van der Waals surface area contributed by atoms with Gasteiger partial charge in [-0.3, -0.25) is 0 Å². The molecule has 1 N–H and O–H groups in total. The van der Waals surface area contributed by atoms with E-state index in [1.165, 1.54) is 62.6 Å². The molecule has 0 unspecified atom stereocenters. The number of nitrogens with one attached hydrogen (secondary N) is 1. The molecule has 1 rings (SSSR count). The average Bonchev–Trinajstić information content (AvgIpc) is 2.43. The van der Waals surface area contributed by atoms with Gasteiger partial charge < -0.3 is 5.32 Å². The van der Waals surface area contributed by atoms with Crippen molar-refractivity contribution in [3.8, 4) is 0 Å². The van der Waals surface area contributed by atoms with Gasteiger partial charge in [0.2, 0.25) is 0 Å². The SMILES string of the molecule is CCCc1ccc(CCCCCCNCC(C)C)cc1. The van der Waals surface area contributed by atoms with Crippen molar-refractivity contribution >= 4 is 0 Å². The van der Waals surface area contributed by atoms with Crippen molar-refractivity contribution in [2.75, 3.05) is 13.1 Å². The lowest BCUT2D eigenvalue weighted by Gasteiger charge is -2.07. The summed E-state index contributed by atoms with van der Waals surface area (Å²) in [5.74, 6) is 0.769. The Labute approximate surface area is 126 Å². The van der Waals surface area contributed by atoms with Crippen molar-refractivity contribution in [2.45, 2.75) is 65.7 Å². The first kappa shape index (κ1) is 17.2. The number of hydrogen-bond donors (Lipinski definition) is 1. The van der Waals surface area contributed by atoms with Crippen LogP contribution in [-0.4, -0.2) is 13.1 Å². The van der Waals surface area contributed by atoms with E-state index in [0.29, 0.717) is 0 Å². The molecule has 0 saturated carbocycles. The summed E-state index contributed by atoms with van der Waals surface area (Å²) in [6.07, 6.45) is 9.07. The highest BCUT2D eigenvalue weighted by atomic mass is 14.8. The van der Waals surface area contributed by atoms with Gasteiger partial charge in [0.25, 0.3) is 0 Å². The van der Waals surface area contributed by atoms with Crippen LogP contribution in [0.5, 0.6) is 0 Å². The molecule has 1 nitrogen and oxygen atoms in total. The van der Waals surface area contributed by atoms with Crippen LogP contribution >= 0.6 is 0 Å². The van der Waals surface area contributed by atoms with E-state index in [2.05, 4.69) is 50.4 Å². The predicted molar refractivity (Wildman–Crippen MR) is 90.3 cm³/mol. The van der Waals surface area contributed by atoms with Gasteiger partial charge in [-0.05, 0) is 55.8 Å². The molecule has 0 aliphatic carbocycles. The topological polar surface area (TPSA) is 12.0 Å². The molecule has 114 valence electrons. The minimum atomic E-state index is 0.769. The first-order valence-electron chi connectivity index (χ1n) is 8.51. The Morgan fingerprint density at radius 1 is 0.850 bits per heavy atom. The van der Waals surface area contributed by atoms with Crippen LogP contribution in [0, 0.1) is 5.92 Å². The third-order valence-corrected chi connectivity index (χ3v) is 3.68. The maximum absolute atomic E-state index is 3.51. The Hall–Kier alpha value is -0.820. The van der Waals surface area contributed by atoms with E-state index in [1.54, 1.807) is 0 Å². The Morgan fingerprint density at radius 2 is 1.45 bits per heavy atom. The van der Waals surface area contributed by atoms with Crippen LogP contribution < -0.4 is 5.32 Å². The van der Waals surface area contributed by atoms with E-state index in [-0.39, 0.29) is 0 Å². The molecule has 0 bridgehead atoms. The molecule has 0 aliphatic heterocycles. The van der Waals surface area contributed by atoms with Gasteiger partial charge >= 0.3 is 0 Å². The summed E-state index contributed by atoms with van der Waals surface area (Å²) in [6, 6.07) is 9.23. The summed E-state index contributed by atoms with van der Waals surface area (Å²) >= 11 is 0. The lowest BCUT2D eigenvalue weighted by molar-refractivity contribution is 0.526. The molecule has 0 heterocycles. The predicted octanol–water partition coefficient (Wildman–Crippen LogP) is 4.99. The Balaban J connectivity index is 2.00. The molecule has 1 aromatic carbocycles. The summed E-state index contributed by atoms with van der Waals surface area (Å²) in [4.78, 5) is 0. The minimum absolute atomic E-state index is 0.769. The van der Waals surface area contributed by atoms with Gasteiger partial charge in [0, 0.05) is 0 Å². The van der Waals surface area contributed by atoms with Crippen LogP contribution in [0.3, 0.4) is 0 Å². The van der Waals surface area contributed by atoms with Crippen molar-refractivity contribution < 1.29 is 0 Å². The fraction of sp³-hybridized carbons (Fsp3) is 0.684. The monoisotopic (exact) mass is 275 g/mol. The molecule has 0 aromatic heterocycles. The van der Waals surface area contributed by atoms with Gasteiger partial charge in [-0.15, -0.1) is 0 Å². The zero-order valence-corrected chi connectivity index (χ0v) is 13.8. The van der Waals surface area contributed by atoms with E-state index in [4.69, 9.17) is 0 Å². The van der Waals surface area contributed by atoms with E-state index in [1.807, 2.05) is 0 Å². The van der Waals surface area contributed by atoms with Crippen LogP contribution in [-0.2, 0) is 12.8 Å². The van der Waals surface area contributed by atoms with Gasteiger partial charge in [-0.25, -0.2) is 0 Å². The highest BCUT2D eigenvalue weighted by molar-refractivity contribution is 5.22. The fourth-order valence-electron chi connectivity index (χ4n) is 2.48. The molecule has 0 saturated heterocycles. The third-order valence-electron chi connectivity index (χ3n) is 3.68. The number of hydrogen-bond acceptors (Lipinski definition) is 1. The summed E-state index contributed by atoms with van der Waals surface area (Å²) < 4.78 is 0. The minimum Gasteiger partial charge on any atom is -0.316 e. The first-order valence-corrected chi connectivity index (χ1v) is 8.51. The maximum Gasteiger partial charge on any atom is -0.00258 e. The van der Waals surface area contributed by atoms with E-state index < -0.39 is 0 Å². The number of aryl methyl sites for hydroxylation is 2. The zero-order chi connectivity index (χ0) is 14.6. The van der Waals surface area contributed by atoms with Gasteiger partial charge in [0.15, 0.2) is 0 Å². The molecule has 1 aromatic rings. The second kappa shape index (κ2) is 10.9. The molecule has 1 heteroatoms. The quantitative estimate of drug-likeness (QED) is 0.561. The molecule has 0 atom stereocenters. The first-order chi connectivity index (χ1) is 9.72. The van der Waals surface area contributed by atoms with Gasteiger partial charge in [0.1, 0.15) is 0 Å². The summed E-state index contributed by atoms with van der Waals surface area (Å²) in [5.41, 5.74) is 2.98. The van der Waals surface area contributed by atoms with E-state index in [9.17, 15) is 0 Å². The van der Waals surface area contributed by atoms with Gasteiger partial charge in [-0.2, -0.15) is 0 Å². The van der Waals surface area contributed by atoms with E-state index >= 15 is 0 Å². The number of unbranched alkanes of at least 4 members (excludes halogenated alkanes) is 3. The lowest BCUT2D eigenvalue weighted by Crippen LogP contribution is -2.20. The van der Waals surface area contributed by atoms with Gasteiger partial charge in [0.05, 0.1) is 0 Å². The molecule has 0 fully saturated rings. The van der Waals surface area contributed by atoms with Crippen LogP contribution in [0.1, 0.15) is 64.0 Å². The third kappa shape index (κ3) is 8.37. The average molecular weight is 275 g/mol. The van der Waals surface area contributed by atoms with Crippen molar-refractivity contribution in [3.05, 3.63) is 35.4 Å². The second-order valence-electron chi connectivity index (χ2n) is 6.33. The van der Waals surface area contributed by atoms with Crippen LogP contribution in [0.4, 0.5) is 0 Å². The molecule has 0 spiro atoms. The molecule has 0 radical (unpaired) electrons. The number of benzene rings is 1. The van der Waals surface area contributed by atoms with Crippen molar-refractivity contribution in [1.29, 1.82) is 0 Å². The van der Waals surface area contributed by atoms with Gasteiger partial charge in [-0.1, -0.05) is 64.3 Å². The Morgan fingerprint density at radius 3 is 2.05 bits per heavy atom. The largest absolute Gasteiger partial charge is 0.316 e. The fourth-order valence-corrected chi connectivity index (χ4v) is 2.48. The molecular formula is C19H33N. The molecular weight excluding hydrogens is 242 g/mol. The Kier molecular flexibility index (Phi) is 9.40. The normalized spacial score (nSPS) is 11.2. The second-order valence-corrected chi connectivity index (χ2v) is 6.33. The van der Waals surface area contributed by atoms with Crippen LogP contribution in [0.25, 0.3) is 0 Å². The van der Waals surface area contributed by atoms with E-state index in [0.717, 1.165) is 12.5 Å². The van der Waals surface area contributed by atoms with Crippen LogP contribution in [0.15, 0.2) is 24.3 Å². The highest BCUT2D eigenvalue weighted by Crippen LogP contribution is 2.10. The molecule has 0 aliphatic rings. The number of rotatable bonds is 11. The zero-order valence-electron chi connectivity index (χ0n) is 13.8. The summed E-state index contributed by atoms with van der Waals surface area (Å²) in [5, 5.41) is 3.51. The summed E-state index contributed by atoms with van der Waals surface area (Å²) in [6.45, 7) is 9.11. The molecule has 20 heavy (non-hydrogen) atoms. The standard InChI is InChI=1S/C19H33N/c1-4-9-18-11-13-19(14-12-18)10-7-5-6-8-15-20-16-17(2)3/h11-14,17,20H,4-10,15-16H2,1-3H3. The summed E-state index contributed by atoms with van der Waals surface area (Å²) in [7, 11) is 0. The highest BCUT2D eigenvalue weighted by Gasteiger charge is 1.96. The Bertz CT molecular complexity index is 326. The smallest absolute Gasteiger partial charge is 0.00258 e. The van der Waals surface area contributed by atoms with Crippen molar-refractivity contribution in [2.24, 2.45) is 5.92 Å². The van der Waals surface area contributed by atoms with Crippen molar-refractivity contribution in [1.82, 2.24) is 5.32 Å².